The molecule has 0 fully saturated rings. The molecule has 1 aliphatic heterocycles. The highest BCUT2D eigenvalue weighted by Gasteiger charge is 2.27. The molecule has 0 radical (unpaired) electrons. The third kappa shape index (κ3) is 4.37. The van der Waals surface area contributed by atoms with Gasteiger partial charge in [0.15, 0.2) is 0 Å². The second kappa shape index (κ2) is 7.29. The van der Waals surface area contributed by atoms with Crippen LogP contribution < -0.4 is 14.2 Å². The molecule has 0 amide bonds. The van der Waals surface area contributed by atoms with Crippen LogP contribution in [-0.4, -0.2) is 27.7 Å². The topological polar surface area (TPSA) is 64.6 Å². The van der Waals surface area contributed by atoms with Crippen LogP contribution in [0.15, 0.2) is 47.4 Å². The Bertz CT molecular complexity index is 873. The molecule has 1 aliphatic rings. The van der Waals surface area contributed by atoms with Gasteiger partial charge in [0, 0.05) is 6.54 Å². The Morgan fingerprint density at radius 1 is 1.15 bits per heavy atom. The first-order valence-electron chi connectivity index (χ1n) is 8.74. The van der Waals surface area contributed by atoms with Crippen molar-refractivity contribution in [1.29, 1.82) is 0 Å². The minimum atomic E-state index is -3.54. The summed E-state index contributed by atoms with van der Waals surface area (Å²) in [4.78, 5) is 0.286. The summed E-state index contributed by atoms with van der Waals surface area (Å²) in [5.74, 6) is 1.56. The summed E-state index contributed by atoms with van der Waals surface area (Å²) in [6, 6.07) is 12.7. The van der Waals surface area contributed by atoms with Crippen LogP contribution in [0.1, 0.15) is 31.4 Å². The first-order chi connectivity index (χ1) is 12.3. The molecule has 140 valence electrons. The smallest absolute Gasteiger partial charge is 0.240 e. The summed E-state index contributed by atoms with van der Waals surface area (Å²) in [5, 5.41) is 0. The van der Waals surface area contributed by atoms with E-state index in [2.05, 4.69) is 4.72 Å². The zero-order chi connectivity index (χ0) is 18.8. The van der Waals surface area contributed by atoms with Gasteiger partial charge in [0.1, 0.15) is 17.1 Å². The molecular weight excluding hydrogens is 350 g/mol. The quantitative estimate of drug-likeness (QED) is 0.841. The van der Waals surface area contributed by atoms with E-state index < -0.39 is 10.0 Å². The molecule has 0 unspecified atom stereocenters. The minimum Gasteiger partial charge on any atom is -0.497 e. The summed E-state index contributed by atoms with van der Waals surface area (Å²) in [7, 11) is -1.92. The van der Waals surface area contributed by atoms with Gasteiger partial charge in [-0.2, -0.15) is 0 Å². The van der Waals surface area contributed by atoms with Crippen molar-refractivity contribution in [3.63, 3.8) is 0 Å². The Balaban J connectivity index is 1.64. The van der Waals surface area contributed by atoms with Gasteiger partial charge in [0.2, 0.25) is 10.0 Å². The van der Waals surface area contributed by atoms with E-state index in [0.29, 0.717) is 13.0 Å². The monoisotopic (exact) mass is 375 g/mol. The SMILES string of the molecule is COc1ccc(CCNS(=O)(=O)c2ccc3c(c2)CCC(C)(C)O3)cc1. The van der Waals surface area contributed by atoms with Gasteiger partial charge in [-0.15, -0.1) is 0 Å². The van der Waals surface area contributed by atoms with E-state index in [1.807, 2.05) is 38.1 Å². The van der Waals surface area contributed by atoms with E-state index >= 15 is 0 Å². The second-order valence-corrected chi connectivity index (χ2v) is 8.89. The third-order valence-corrected chi connectivity index (χ3v) is 6.05. The second-order valence-electron chi connectivity index (χ2n) is 7.13. The zero-order valence-electron chi connectivity index (χ0n) is 15.4. The maximum atomic E-state index is 12.6. The molecule has 3 rings (SSSR count). The van der Waals surface area contributed by atoms with Gasteiger partial charge in [-0.1, -0.05) is 12.1 Å². The normalized spacial score (nSPS) is 15.8. The highest BCUT2D eigenvalue weighted by molar-refractivity contribution is 7.89. The summed E-state index contributed by atoms with van der Waals surface area (Å²) in [5.41, 5.74) is 1.79. The van der Waals surface area contributed by atoms with Gasteiger partial charge >= 0.3 is 0 Å². The average Bonchev–Trinajstić information content (AvgIpc) is 2.61. The number of hydrogen-bond donors (Lipinski definition) is 1. The zero-order valence-corrected chi connectivity index (χ0v) is 16.2. The predicted octanol–water partition coefficient (Wildman–Crippen LogP) is 3.32. The van der Waals surface area contributed by atoms with Crippen molar-refractivity contribution < 1.29 is 17.9 Å². The fourth-order valence-corrected chi connectivity index (χ4v) is 4.09. The summed E-state index contributed by atoms with van der Waals surface area (Å²) in [6.45, 7) is 4.43. The molecule has 5 nitrogen and oxygen atoms in total. The van der Waals surface area contributed by atoms with Crippen LogP contribution in [0.3, 0.4) is 0 Å². The standard InChI is InChI=1S/C20H25NO4S/c1-20(2)12-10-16-14-18(8-9-19(16)25-20)26(22,23)21-13-11-15-4-6-17(24-3)7-5-15/h4-9,14,21H,10-13H2,1-3H3. The third-order valence-electron chi connectivity index (χ3n) is 4.59. The molecule has 1 N–H and O–H groups in total. The number of nitrogens with one attached hydrogen (secondary N) is 1. The Labute approximate surface area is 155 Å². The number of benzene rings is 2. The number of rotatable bonds is 6. The lowest BCUT2D eigenvalue weighted by Gasteiger charge is -2.32. The lowest BCUT2D eigenvalue weighted by molar-refractivity contribution is 0.0845. The predicted molar refractivity (Wildman–Crippen MR) is 101 cm³/mol. The van der Waals surface area contributed by atoms with Crippen LogP contribution in [0.5, 0.6) is 11.5 Å². The largest absolute Gasteiger partial charge is 0.497 e. The maximum absolute atomic E-state index is 12.6. The first-order valence-corrected chi connectivity index (χ1v) is 10.2. The molecule has 0 saturated heterocycles. The van der Waals surface area contributed by atoms with Crippen LogP contribution in [0.4, 0.5) is 0 Å². The molecular formula is C20H25NO4S. The molecule has 0 atom stereocenters. The van der Waals surface area contributed by atoms with E-state index in [4.69, 9.17) is 9.47 Å². The first kappa shape index (κ1) is 18.7. The van der Waals surface area contributed by atoms with E-state index in [-0.39, 0.29) is 10.5 Å². The van der Waals surface area contributed by atoms with Crippen LogP contribution in [-0.2, 0) is 22.9 Å². The summed E-state index contributed by atoms with van der Waals surface area (Å²) < 4.78 is 38.8. The van der Waals surface area contributed by atoms with Gasteiger partial charge in [0.05, 0.1) is 12.0 Å². The Hall–Kier alpha value is -2.05. The van der Waals surface area contributed by atoms with Gasteiger partial charge in [-0.05, 0) is 74.6 Å². The fraction of sp³-hybridized carbons (Fsp3) is 0.400. The van der Waals surface area contributed by atoms with Crippen LogP contribution in [0, 0.1) is 0 Å². The Morgan fingerprint density at radius 2 is 1.88 bits per heavy atom. The lowest BCUT2D eigenvalue weighted by atomic mass is 9.94. The van der Waals surface area contributed by atoms with Crippen molar-refractivity contribution in [3.05, 3.63) is 53.6 Å². The van der Waals surface area contributed by atoms with Crippen molar-refractivity contribution in [2.75, 3.05) is 13.7 Å². The highest BCUT2D eigenvalue weighted by atomic mass is 32.2. The molecule has 2 aromatic rings. The number of sulfonamides is 1. The molecule has 6 heteroatoms. The molecule has 26 heavy (non-hydrogen) atoms. The highest BCUT2D eigenvalue weighted by Crippen LogP contribution is 2.34. The number of ether oxygens (including phenoxy) is 2. The van der Waals surface area contributed by atoms with Crippen molar-refractivity contribution >= 4 is 10.0 Å². The fourth-order valence-electron chi connectivity index (χ4n) is 3.01. The Kier molecular flexibility index (Phi) is 5.25. The van der Waals surface area contributed by atoms with Gasteiger partial charge < -0.3 is 9.47 Å². The van der Waals surface area contributed by atoms with Gasteiger partial charge in [-0.25, -0.2) is 13.1 Å². The molecule has 0 bridgehead atoms. The van der Waals surface area contributed by atoms with E-state index in [0.717, 1.165) is 35.5 Å². The molecule has 0 aliphatic carbocycles. The number of methoxy groups -OCH3 is 1. The minimum absolute atomic E-state index is 0.204. The van der Waals surface area contributed by atoms with E-state index in [1.54, 1.807) is 25.3 Å². The van der Waals surface area contributed by atoms with Crippen molar-refractivity contribution in [2.24, 2.45) is 0 Å². The van der Waals surface area contributed by atoms with Gasteiger partial charge in [0.25, 0.3) is 0 Å². The van der Waals surface area contributed by atoms with Crippen molar-refractivity contribution in [1.82, 2.24) is 4.72 Å². The lowest BCUT2D eigenvalue weighted by Crippen LogP contribution is -2.33. The summed E-state index contributed by atoms with van der Waals surface area (Å²) >= 11 is 0. The Morgan fingerprint density at radius 3 is 2.58 bits per heavy atom. The molecule has 2 aromatic carbocycles. The van der Waals surface area contributed by atoms with E-state index in [9.17, 15) is 8.42 Å². The molecule has 0 aromatic heterocycles. The van der Waals surface area contributed by atoms with Gasteiger partial charge in [-0.3, -0.25) is 0 Å². The average molecular weight is 375 g/mol. The maximum Gasteiger partial charge on any atom is 0.240 e. The number of aryl methyl sites for hydroxylation is 1. The van der Waals surface area contributed by atoms with E-state index in [1.165, 1.54) is 0 Å². The number of fused-ring (bicyclic) bond motifs is 1. The summed E-state index contributed by atoms with van der Waals surface area (Å²) in [6.07, 6.45) is 2.30. The molecule has 1 heterocycles. The van der Waals surface area contributed by atoms with Crippen molar-refractivity contribution in [2.45, 2.75) is 43.6 Å². The number of hydrogen-bond acceptors (Lipinski definition) is 4. The van der Waals surface area contributed by atoms with Crippen LogP contribution in [0.25, 0.3) is 0 Å². The molecule has 0 saturated carbocycles. The van der Waals surface area contributed by atoms with Crippen LogP contribution in [0.2, 0.25) is 0 Å². The van der Waals surface area contributed by atoms with Crippen molar-refractivity contribution in [3.8, 4) is 11.5 Å². The molecule has 0 spiro atoms. The van der Waals surface area contributed by atoms with Crippen LogP contribution >= 0.6 is 0 Å².